The van der Waals surface area contributed by atoms with Crippen LogP contribution < -0.4 is 15.4 Å². The summed E-state index contributed by atoms with van der Waals surface area (Å²) in [6, 6.07) is 12.5. The molecule has 182 valence electrons. The molecule has 2 aromatic rings. The summed E-state index contributed by atoms with van der Waals surface area (Å²) in [6.07, 6.45) is 4.11. The molecule has 0 amide bonds. The Labute approximate surface area is 211 Å². The maximum absolute atomic E-state index is 6.27. The largest absolute Gasteiger partial charge is 0.493 e. The van der Waals surface area contributed by atoms with Gasteiger partial charge in [-0.25, -0.2) is 0 Å². The summed E-state index contributed by atoms with van der Waals surface area (Å²) in [5, 5.41) is 7.85. The van der Waals surface area contributed by atoms with Crippen molar-refractivity contribution in [2.75, 3.05) is 18.5 Å². The van der Waals surface area contributed by atoms with Crippen molar-refractivity contribution in [3.8, 4) is 5.75 Å². The molecular formula is C28H41ClN2OS. The molecule has 0 saturated heterocycles. The minimum absolute atomic E-state index is 0.0764. The van der Waals surface area contributed by atoms with Crippen LogP contribution in [0.3, 0.4) is 0 Å². The van der Waals surface area contributed by atoms with Gasteiger partial charge < -0.3 is 15.4 Å². The molecule has 0 radical (unpaired) electrons. The number of hydrogen-bond acceptors (Lipinski definition) is 2. The summed E-state index contributed by atoms with van der Waals surface area (Å²) in [7, 11) is 0. The van der Waals surface area contributed by atoms with E-state index in [0.29, 0.717) is 11.7 Å². The molecule has 33 heavy (non-hydrogen) atoms. The molecule has 3 nitrogen and oxygen atoms in total. The van der Waals surface area contributed by atoms with Gasteiger partial charge in [-0.2, -0.15) is 0 Å². The molecule has 0 fully saturated rings. The average Bonchev–Trinajstić information content (AvgIpc) is 2.79. The van der Waals surface area contributed by atoms with Crippen LogP contribution in [0.1, 0.15) is 83.9 Å². The van der Waals surface area contributed by atoms with E-state index in [4.69, 9.17) is 28.6 Å². The number of hydrogen-bond donors (Lipinski definition) is 2. The van der Waals surface area contributed by atoms with Gasteiger partial charge in [-0.1, -0.05) is 71.3 Å². The topological polar surface area (TPSA) is 33.3 Å². The second-order valence-electron chi connectivity index (χ2n) is 10.0. The minimum Gasteiger partial charge on any atom is -0.493 e. The van der Waals surface area contributed by atoms with Crippen LogP contribution in [0.25, 0.3) is 0 Å². The maximum Gasteiger partial charge on any atom is 0.170 e. The van der Waals surface area contributed by atoms with Crippen molar-refractivity contribution < 1.29 is 4.74 Å². The fourth-order valence-electron chi connectivity index (χ4n) is 3.52. The van der Waals surface area contributed by atoms with Crippen LogP contribution in [-0.4, -0.2) is 18.3 Å². The van der Waals surface area contributed by atoms with Crippen molar-refractivity contribution in [2.45, 2.75) is 85.0 Å². The Morgan fingerprint density at radius 2 is 1.70 bits per heavy atom. The van der Waals surface area contributed by atoms with Crippen molar-refractivity contribution in [1.82, 2.24) is 5.32 Å². The molecule has 0 bridgehead atoms. The number of ether oxygens (including phenoxy) is 1. The van der Waals surface area contributed by atoms with Crippen LogP contribution in [0.2, 0.25) is 5.02 Å². The van der Waals surface area contributed by atoms with E-state index in [-0.39, 0.29) is 10.8 Å². The van der Waals surface area contributed by atoms with Crippen LogP contribution >= 0.6 is 23.8 Å². The van der Waals surface area contributed by atoms with Gasteiger partial charge >= 0.3 is 0 Å². The van der Waals surface area contributed by atoms with Gasteiger partial charge in [0.05, 0.1) is 6.61 Å². The van der Waals surface area contributed by atoms with Gasteiger partial charge in [-0.05, 0) is 85.0 Å². The fourth-order valence-corrected chi connectivity index (χ4v) is 3.91. The van der Waals surface area contributed by atoms with Crippen molar-refractivity contribution >= 4 is 34.6 Å². The molecule has 0 spiro atoms. The standard InChI is InChI=1S/C28H41ClN2OS/c1-8-27(4,5)21-15-16-25(22(19-21)28(6,7)9-2)32-18-11-10-17-30-26(33)31-24-14-12-13-23(29)20(24)3/h12-16,19H,8-11,17-18H2,1-7H3,(H2,30,31,33). The zero-order valence-corrected chi connectivity index (χ0v) is 23.0. The Kier molecular flexibility index (Phi) is 10.1. The van der Waals surface area contributed by atoms with Gasteiger partial charge in [0, 0.05) is 22.8 Å². The summed E-state index contributed by atoms with van der Waals surface area (Å²) < 4.78 is 6.27. The van der Waals surface area contributed by atoms with Crippen molar-refractivity contribution in [3.63, 3.8) is 0 Å². The number of halogens is 1. The molecular weight excluding hydrogens is 448 g/mol. The van der Waals surface area contributed by atoms with Gasteiger partial charge in [0.1, 0.15) is 5.75 Å². The van der Waals surface area contributed by atoms with E-state index in [0.717, 1.165) is 54.3 Å². The Morgan fingerprint density at radius 1 is 1.00 bits per heavy atom. The molecule has 0 aliphatic carbocycles. The van der Waals surface area contributed by atoms with Gasteiger partial charge in [-0.15, -0.1) is 0 Å². The number of rotatable bonds is 11. The van der Waals surface area contributed by atoms with Gasteiger partial charge in [0.2, 0.25) is 0 Å². The quantitative estimate of drug-likeness (QED) is 0.247. The van der Waals surface area contributed by atoms with Crippen LogP contribution in [0.15, 0.2) is 36.4 Å². The summed E-state index contributed by atoms with van der Waals surface area (Å²) in [5.74, 6) is 1.01. The number of unbranched alkanes of at least 4 members (excludes halogenated alkanes) is 1. The zero-order chi connectivity index (χ0) is 24.6. The first-order valence-electron chi connectivity index (χ1n) is 12.1. The first kappa shape index (κ1) is 27.5. The summed E-state index contributed by atoms with van der Waals surface area (Å²) in [6.45, 7) is 17.2. The van der Waals surface area contributed by atoms with Crippen molar-refractivity contribution in [2.24, 2.45) is 0 Å². The molecule has 2 N–H and O–H groups in total. The van der Waals surface area contributed by atoms with E-state index in [1.807, 2.05) is 25.1 Å². The second-order valence-corrected chi connectivity index (χ2v) is 10.9. The predicted octanol–water partition coefficient (Wildman–Crippen LogP) is 8.17. The summed E-state index contributed by atoms with van der Waals surface area (Å²) in [5.41, 5.74) is 4.87. The normalized spacial score (nSPS) is 11.9. The van der Waals surface area contributed by atoms with Crippen LogP contribution in [-0.2, 0) is 10.8 Å². The lowest BCUT2D eigenvalue weighted by molar-refractivity contribution is 0.296. The minimum atomic E-state index is 0.0764. The van der Waals surface area contributed by atoms with Crippen molar-refractivity contribution in [1.29, 1.82) is 0 Å². The molecule has 0 aliphatic rings. The molecule has 5 heteroatoms. The highest BCUT2D eigenvalue weighted by Gasteiger charge is 2.26. The predicted molar refractivity (Wildman–Crippen MR) is 148 cm³/mol. The van der Waals surface area contributed by atoms with Gasteiger partial charge in [-0.3, -0.25) is 0 Å². The Hall–Kier alpha value is -1.78. The highest BCUT2D eigenvalue weighted by Crippen LogP contribution is 2.38. The molecule has 2 rings (SSSR count). The molecule has 0 saturated carbocycles. The van der Waals surface area contributed by atoms with E-state index in [2.05, 4.69) is 70.4 Å². The molecule has 0 heterocycles. The van der Waals surface area contributed by atoms with Gasteiger partial charge in [0.25, 0.3) is 0 Å². The number of benzene rings is 2. The van der Waals surface area contributed by atoms with E-state index in [9.17, 15) is 0 Å². The first-order chi connectivity index (χ1) is 15.5. The fraction of sp³-hybridized carbons (Fsp3) is 0.536. The third kappa shape index (κ3) is 7.61. The SMILES string of the molecule is CCC(C)(C)c1ccc(OCCCCNC(=S)Nc2cccc(Cl)c2C)c(C(C)(C)CC)c1. The zero-order valence-electron chi connectivity index (χ0n) is 21.4. The molecule has 0 atom stereocenters. The summed E-state index contributed by atoms with van der Waals surface area (Å²) in [4.78, 5) is 0. The van der Waals surface area contributed by atoms with E-state index < -0.39 is 0 Å². The molecule has 2 aromatic carbocycles. The third-order valence-corrected chi connectivity index (χ3v) is 7.54. The number of anilines is 1. The lowest BCUT2D eigenvalue weighted by Gasteiger charge is -2.30. The highest BCUT2D eigenvalue weighted by atomic mass is 35.5. The maximum atomic E-state index is 6.27. The molecule has 0 aliphatic heterocycles. The van der Waals surface area contributed by atoms with E-state index in [1.54, 1.807) is 0 Å². The van der Waals surface area contributed by atoms with E-state index in [1.165, 1.54) is 11.1 Å². The second kappa shape index (κ2) is 12.1. The average molecular weight is 489 g/mol. The van der Waals surface area contributed by atoms with Crippen LogP contribution in [0.5, 0.6) is 5.75 Å². The van der Waals surface area contributed by atoms with Crippen LogP contribution in [0, 0.1) is 6.92 Å². The lowest BCUT2D eigenvalue weighted by Crippen LogP contribution is -2.29. The Bertz CT molecular complexity index is 939. The first-order valence-corrected chi connectivity index (χ1v) is 12.9. The van der Waals surface area contributed by atoms with E-state index >= 15 is 0 Å². The smallest absolute Gasteiger partial charge is 0.170 e. The van der Waals surface area contributed by atoms with Gasteiger partial charge in [0.15, 0.2) is 5.11 Å². The third-order valence-electron chi connectivity index (χ3n) is 6.89. The monoisotopic (exact) mass is 488 g/mol. The summed E-state index contributed by atoms with van der Waals surface area (Å²) >= 11 is 11.6. The molecule has 0 aromatic heterocycles. The lowest BCUT2D eigenvalue weighted by atomic mass is 9.76. The Morgan fingerprint density at radius 3 is 2.36 bits per heavy atom. The van der Waals surface area contributed by atoms with Crippen molar-refractivity contribution in [3.05, 3.63) is 58.1 Å². The molecule has 0 unspecified atom stereocenters. The highest BCUT2D eigenvalue weighted by molar-refractivity contribution is 7.80. The number of nitrogens with one attached hydrogen (secondary N) is 2. The van der Waals surface area contributed by atoms with Crippen LogP contribution in [0.4, 0.5) is 5.69 Å². The number of thiocarbonyl (C=S) groups is 1. The Balaban J connectivity index is 1.87.